The molecular formula is C31H31BrO5S. The smallest absolute Gasteiger partial charge is 0.185 e. The SMILES string of the molecule is CC(=O)SC[C@H]1O[C@@H](C#CBr)[C@H](OCc2ccccc2)[C@@H](OCc2ccccc2)[C@@H]1OCc1ccccc1. The van der Waals surface area contributed by atoms with Crippen LogP contribution in [0, 0.1) is 10.8 Å². The molecular weight excluding hydrogens is 564 g/mol. The van der Waals surface area contributed by atoms with Gasteiger partial charge in [0.2, 0.25) is 0 Å². The Balaban J connectivity index is 1.63. The lowest BCUT2D eigenvalue weighted by atomic mass is 9.94. The van der Waals surface area contributed by atoms with Crippen LogP contribution in [0.15, 0.2) is 91.0 Å². The minimum Gasteiger partial charge on any atom is -0.368 e. The highest BCUT2D eigenvalue weighted by atomic mass is 79.9. The Bertz CT molecular complexity index is 1180. The van der Waals surface area contributed by atoms with E-state index in [0.717, 1.165) is 16.7 Å². The molecule has 1 fully saturated rings. The first-order valence-corrected chi connectivity index (χ1v) is 14.3. The van der Waals surface area contributed by atoms with Crippen molar-refractivity contribution < 1.29 is 23.7 Å². The summed E-state index contributed by atoms with van der Waals surface area (Å²) in [5.41, 5.74) is 3.12. The molecule has 0 spiro atoms. The number of rotatable bonds is 11. The van der Waals surface area contributed by atoms with Gasteiger partial charge in [-0.2, -0.15) is 0 Å². The average molecular weight is 596 g/mol. The van der Waals surface area contributed by atoms with Crippen molar-refractivity contribution >= 4 is 32.8 Å². The molecule has 1 aliphatic heterocycles. The number of thioether (sulfide) groups is 1. The Morgan fingerprint density at radius 2 is 1.21 bits per heavy atom. The molecule has 0 N–H and O–H groups in total. The van der Waals surface area contributed by atoms with E-state index in [1.807, 2.05) is 91.0 Å². The van der Waals surface area contributed by atoms with Crippen LogP contribution in [-0.4, -0.2) is 41.4 Å². The second-order valence-electron chi connectivity index (χ2n) is 8.92. The topological polar surface area (TPSA) is 54.0 Å². The largest absolute Gasteiger partial charge is 0.368 e. The first-order chi connectivity index (χ1) is 18.6. The molecule has 1 aliphatic rings. The van der Waals surface area contributed by atoms with E-state index in [1.54, 1.807) is 6.92 Å². The number of ether oxygens (including phenoxy) is 4. The molecule has 0 aliphatic carbocycles. The summed E-state index contributed by atoms with van der Waals surface area (Å²) in [5, 5.41) is 0.0164. The van der Waals surface area contributed by atoms with E-state index >= 15 is 0 Å². The highest BCUT2D eigenvalue weighted by Gasteiger charge is 2.48. The van der Waals surface area contributed by atoms with Gasteiger partial charge in [0.25, 0.3) is 0 Å². The maximum atomic E-state index is 11.9. The van der Waals surface area contributed by atoms with E-state index in [-0.39, 0.29) is 5.12 Å². The Labute approximate surface area is 237 Å². The van der Waals surface area contributed by atoms with Crippen molar-refractivity contribution in [3.63, 3.8) is 0 Å². The van der Waals surface area contributed by atoms with Crippen molar-refractivity contribution in [1.82, 2.24) is 0 Å². The number of carbonyl (C=O) groups excluding carboxylic acids is 1. The number of hydrogen-bond acceptors (Lipinski definition) is 6. The van der Waals surface area contributed by atoms with Crippen LogP contribution in [0.5, 0.6) is 0 Å². The summed E-state index contributed by atoms with van der Waals surface area (Å²) in [4.78, 5) is 14.7. The van der Waals surface area contributed by atoms with Gasteiger partial charge in [-0.3, -0.25) is 4.79 Å². The van der Waals surface area contributed by atoms with Crippen LogP contribution in [0.1, 0.15) is 23.6 Å². The van der Waals surface area contributed by atoms with Crippen LogP contribution >= 0.6 is 27.7 Å². The molecule has 5 nitrogen and oxygen atoms in total. The summed E-state index contributed by atoms with van der Waals surface area (Å²) >= 11 is 4.45. The van der Waals surface area contributed by atoms with E-state index in [4.69, 9.17) is 18.9 Å². The maximum absolute atomic E-state index is 11.9. The molecule has 0 bridgehead atoms. The van der Waals surface area contributed by atoms with Crippen molar-refractivity contribution in [3.8, 4) is 10.8 Å². The van der Waals surface area contributed by atoms with Crippen LogP contribution in [0.25, 0.3) is 0 Å². The Morgan fingerprint density at radius 1 is 0.763 bits per heavy atom. The fourth-order valence-electron chi connectivity index (χ4n) is 4.29. The molecule has 3 aromatic carbocycles. The molecule has 1 saturated heterocycles. The summed E-state index contributed by atoms with van der Waals surface area (Å²) in [6.07, 6.45) is -2.51. The molecule has 38 heavy (non-hydrogen) atoms. The van der Waals surface area contributed by atoms with Gasteiger partial charge in [0, 0.05) is 28.6 Å². The molecule has 198 valence electrons. The molecule has 0 amide bonds. The monoisotopic (exact) mass is 594 g/mol. The number of hydrogen-bond donors (Lipinski definition) is 0. The van der Waals surface area contributed by atoms with Crippen LogP contribution in [0.4, 0.5) is 0 Å². The zero-order valence-electron chi connectivity index (χ0n) is 21.2. The second-order valence-corrected chi connectivity index (χ2v) is 10.5. The average Bonchev–Trinajstić information content (AvgIpc) is 2.95. The van der Waals surface area contributed by atoms with Crippen molar-refractivity contribution in [1.29, 1.82) is 0 Å². The van der Waals surface area contributed by atoms with Gasteiger partial charge in [0.15, 0.2) is 5.12 Å². The summed E-state index contributed by atoms with van der Waals surface area (Å²) in [6.45, 7) is 2.68. The lowest BCUT2D eigenvalue weighted by Crippen LogP contribution is -2.60. The minimum atomic E-state index is -0.576. The summed E-state index contributed by atoms with van der Waals surface area (Å²) in [6, 6.07) is 30.0. The molecule has 4 rings (SSSR count). The van der Waals surface area contributed by atoms with Crippen molar-refractivity contribution in [3.05, 3.63) is 108 Å². The van der Waals surface area contributed by atoms with E-state index in [1.165, 1.54) is 11.8 Å². The predicted octanol–water partition coefficient (Wildman–Crippen LogP) is 6.15. The molecule has 0 unspecified atom stereocenters. The fourth-order valence-corrected chi connectivity index (χ4v) is 5.18. The standard InChI is InChI=1S/C31H31BrO5S/c1-23(33)38-22-28-30(35-20-25-13-7-3-8-14-25)31(36-21-26-15-9-4-10-16-26)29(27(37-28)17-18-32)34-19-24-11-5-2-6-12-24/h2-16,27-31H,19-22H2,1H3/t27-,28+,29-,30+,31+/m0/s1. The third-order valence-corrected chi connectivity index (χ3v) is 7.27. The lowest BCUT2D eigenvalue weighted by molar-refractivity contribution is -0.248. The molecule has 0 radical (unpaired) electrons. The summed E-state index contributed by atoms with van der Waals surface area (Å²) in [7, 11) is 0. The maximum Gasteiger partial charge on any atom is 0.185 e. The number of carbonyl (C=O) groups is 1. The van der Waals surface area contributed by atoms with E-state index < -0.39 is 30.5 Å². The van der Waals surface area contributed by atoms with Gasteiger partial charge in [-0.25, -0.2) is 0 Å². The quantitative estimate of drug-likeness (QED) is 0.248. The van der Waals surface area contributed by atoms with Gasteiger partial charge >= 0.3 is 0 Å². The molecule has 5 atom stereocenters. The van der Waals surface area contributed by atoms with Gasteiger partial charge in [-0.05, 0) is 21.5 Å². The predicted molar refractivity (Wildman–Crippen MR) is 154 cm³/mol. The van der Waals surface area contributed by atoms with Crippen LogP contribution in [0.2, 0.25) is 0 Å². The fraction of sp³-hybridized carbons (Fsp3) is 0.323. The summed E-state index contributed by atoms with van der Waals surface area (Å²) < 4.78 is 26.0. The van der Waals surface area contributed by atoms with Crippen molar-refractivity contribution in [2.45, 2.75) is 57.3 Å². The molecule has 1 heterocycles. The van der Waals surface area contributed by atoms with E-state index in [2.05, 4.69) is 26.7 Å². The van der Waals surface area contributed by atoms with Gasteiger partial charge < -0.3 is 18.9 Å². The van der Waals surface area contributed by atoms with Crippen LogP contribution in [-0.2, 0) is 43.6 Å². The molecule has 3 aromatic rings. The Kier molecular flexibility index (Phi) is 11.4. The van der Waals surface area contributed by atoms with E-state index in [0.29, 0.717) is 25.6 Å². The van der Waals surface area contributed by atoms with Crippen LogP contribution in [0.3, 0.4) is 0 Å². The zero-order chi connectivity index (χ0) is 26.6. The zero-order valence-corrected chi connectivity index (χ0v) is 23.6. The Hall–Kier alpha value is -2.44. The highest BCUT2D eigenvalue weighted by Crippen LogP contribution is 2.32. The Morgan fingerprint density at radius 3 is 1.66 bits per heavy atom. The highest BCUT2D eigenvalue weighted by molar-refractivity contribution is 9.12. The molecule has 0 saturated carbocycles. The van der Waals surface area contributed by atoms with E-state index in [9.17, 15) is 4.79 Å². The van der Waals surface area contributed by atoms with Gasteiger partial charge in [-0.15, -0.1) is 0 Å². The van der Waals surface area contributed by atoms with Crippen LogP contribution < -0.4 is 0 Å². The lowest BCUT2D eigenvalue weighted by Gasteiger charge is -2.44. The first kappa shape index (κ1) is 28.6. The van der Waals surface area contributed by atoms with Crippen molar-refractivity contribution in [2.75, 3.05) is 5.75 Å². The van der Waals surface area contributed by atoms with Gasteiger partial charge in [0.1, 0.15) is 24.4 Å². The minimum absolute atomic E-state index is 0.0164. The number of benzene rings is 3. The second kappa shape index (κ2) is 15.2. The third-order valence-electron chi connectivity index (χ3n) is 6.14. The molecule has 0 aromatic heterocycles. The number of halogens is 1. The first-order valence-electron chi connectivity index (χ1n) is 12.5. The van der Waals surface area contributed by atoms with Crippen molar-refractivity contribution in [2.24, 2.45) is 0 Å². The van der Waals surface area contributed by atoms with Gasteiger partial charge in [0.05, 0.1) is 25.9 Å². The molecule has 7 heteroatoms. The third kappa shape index (κ3) is 8.54. The normalized spacial score (nSPS) is 22.8. The van der Waals surface area contributed by atoms with Gasteiger partial charge in [-0.1, -0.05) is 109 Å². The summed E-state index contributed by atoms with van der Waals surface area (Å²) in [5.74, 6) is 3.52.